The molecule has 0 bridgehead atoms. The van der Waals surface area contributed by atoms with Gasteiger partial charge >= 0.3 is 5.97 Å². The maximum absolute atomic E-state index is 12.9. The molecular weight excluding hydrogens is 613 g/mol. The van der Waals surface area contributed by atoms with Crippen molar-refractivity contribution in [2.45, 2.75) is 0 Å². The number of nitrogens with one attached hydrogen (secondary N) is 1. The Balaban J connectivity index is 2.03. The number of thiophene rings is 1. The van der Waals surface area contributed by atoms with Crippen molar-refractivity contribution in [1.29, 1.82) is 0 Å². The van der Waals surface area contributed by atoms with Crippen LogP contribution < -0.4 is 10.1 Å². The summed E-state index contributed by atoms with van der Waals surface area (Å²) in [5.74, 6) is -1.10. The number of aromatic carboxylic acids is 1. The van der Waals surface area contributed by atoms with Crippen LogP contribution in [-0.4, -0.2) is 24.1 Å². The van der Waals surface area contributed by atoms with Crippen LogP contribution in [-0.2, 0) is 0 Å². The molecule has 1 aromatic heterocycles. The van der Waals surface area contributed by atoms with Crippen LogP contribution in [0.3, 0.4) is 0 Å². The third-order valence-corrected chi connectivity index (χ3v) is 7.91. The Kier molecular flexibility index (Phi) is 7.06. The Bertz CT molecular complexity index is 1130. The first-order valence-corrected chi connectivity index (χ1v) is 11.5. The zero-order valence-corrected chi connectivity index (χ0v) is 20.9. The number of rotatable bonds is 5. The number of anilines is 1. The molecule has 0 fully saturated rings. The maximum atomic E-state index is 12.9. The summed E-state index contributed by atoms with van der Waals surface area (Å²) in [6, 6.07) is 8.54. The van der Waals surface area contributed by atoms with Crippen LogP contribution in [0.15, 0.2) is 49.1 Å². The van der Waals surface area contributed by atoms with Crippen molar-refractivity contribution in [3.05, 3.63) is 65.3 Å². The van der Waals surface area contributed by atoms with Gasteiger partial charge in [-0.3, -0.25) is 4.79 Å². The zero-order valence-electron chi connectivity index (χ0n) is 14.6. The van der Waals surface area contributed by atoms with Crippen molar-refractivity contribution in [3.63, 3.8) is 0 Å². The standard InChI is InChI=1S/C19H11Br3ClNO4S/c1-28-12-6-10(20)13(16(22)15(12)21)18(25)24-11-7-29-17(14(11)19(26)27)8-3-2-4-9(23)5-8/h2-7H,1H3,(H,24,25)(H,26,27). The highest BCUT2D eigenvalue weighted by Gasteiger charge is 2.25. The van der Waals surface area contributed by atoms with Gasteiger partial charge in [-0.2, -0.15) is 0 Å². The largest absolute Gasteiger partial charge is 0.495 e. The molecule has 3 rings (SSSR count). The average Bonchev–Trinajstić information content (AvgIpc) is 3.08. The predicted octanol–water partition coefficient (Wildman–Crippen LogP) is 7.32. The fourth-order valence-electron chi connectivity index (χ4n) is 2.62. The van der Waals surface area contributed by atoms with Crippen molar-refractivity contribution in [1.82, 2.24) is 0 Å². The highest BCUT2D eigenvalue weighted by Crippen LogP contribution is 2.41. The number of ether oxygens (including phenoxy) is 1. The summed E-state index contributed by atoms with van der Waals surface area (Å²) in [6.07, 6.45) is 0. The van der Waals surface area contributed by atoms with Gasteiger partial charge in [-0.1, -0.05) is 23.7 Å². The molecule has 0 aliphatic carbocycles. The molecule has 2 aromatic carbocycles. The minimum Gasteiger partial charge on any atom is -0.495 e. The number of benzene rings is 2. The fraction of sp³-hybridized carbons (Fsp3) is 0.0526. The number of amides is 1. The topological polar surface area (TPSA) is 75.6 Å². The number of halogens is 4. The second kappa shape index (κ2) is 9.18. The van der Waals surface area contributed by atoms with Crippen LogP contribution in [0.2, 0.25) is 5.02 Å². The van der Waals surface area contributed by atoms with E-state index < -0.39 is 11.9 Å². The molecule has 0 unspecified atom stereocenters. The maximum Gasteiger partial charge on any atom is 0.339 e. The van der Waals surface area contributed by atoms with E-state index in [0.717, 1.165) is 0 Å². The van der Waals surface area contributed by atoms with Crippen LogP contribution in [0.5, 0.6) is 5.75 Å². The predicted molar refractivity (Wildman–Crippen MR) is 126 cm³/mol. The molecule has 0 atom stereocenters. The number of carbonyl (C=O) groups excluding carboxylic acids is 1. The highest BCUT2D eigenvalue weighted by atomic mass is 79.9. The molecule has 29 heavy (non-hydrogen) atoms. The average molecular weight is 625 g/mol. The zero-order chi connectivity index (χ0) is 21.3. The molecule has 1 amide bonds. The molecule has 1 heterocycles. The van der Waals surface area contributed by atoms with Crippen molar-refractivity contribution in [2.75, 3.05) is 12.4 Å². The Morgan fingerprint density at radius 3 is 2.48 bits per heavy atom. The SMILES string of the molecule is COc1cc(Br)c(C(=O)Nc2csc(-c3cccc(Cl)c3)c2C(=O)O)c(Br)c1Br. The first-order chi connectivity index (χ1) is 13.7. The van der Waals surface area contributed by atoms with Gasteiger partial charge in [-0.05, 0) is 71.6 Å². The lowest BCUT2D eigenvalue weighted by Gasteiger charge is -2.13. The summed E-state index contributed by atoms with van der Waals surface area (Å²) in [5.41, 5.74) is 1.16. The molecular formula is C19H11Br3ClNO4S. The molecule has 0 aliphatic heterocycles. The van der Waals surface area contributed by atoms with E-state index in [4.69, 9.17) is 16.3 Å². The number of carboxylic acids is 1. The Hall–Kier alpha value is -1.39. The molecule has 2 N–H and O–H groups in total. The summed E-state index contributed by atoms with van der Waals surface area (Å²) in [5, 5.41) is 14.5. The lowest BCUT2D eigenvalue weighted by molar-refractivity contribution is 0.0699. The first kappa shape index (κ1) is 22.3. The van der Waals surface area contributed by atoms with Crippen molar-refractivity contribution < 1.29 is 19.4 Å². The second-order valence-electron chi connectivity index (χ2n) is 5.69. The molecule has 10 heteroatoms. The first-order valence-electron chi connectivity index (χ1n) is 7.88. The van der Waals surface area contributed by atoms with Gasteiger partial charge in [0.15, 0.2) is 0 Å². The van der Waals surface area contributed by atoms with Crippen LogP contribution >= 0.6 is 70.7 Å². The molecule has 0 radical (unpaired) electrons. The van der Waals surface area contributed by atoms with E-state index in [1.54, 1.807) is 35.7 Å². The van der Waals surface area contributed by atoms with Gasteiger partial charge in [-0.15, -0.1) is 11.3 Å². The van der Waals surface area contributed by atoms with Gasteiger partial charge in [-0.25, -0.2) is 4.79 Å². The van der Waals surface area contributed by atoms with E-state index in [1.807, 2.05) is 0 Å². The third-order valence-electron chi connectivity index (χ3n) is 3.91. The lowest BCUT2D eigenvalue weighted by atomic mass is 10.1. The van der Waals surface area contributed by atoms with E-state index in [2.05, 4.69) is 53.1 Å². The monoisotopic (exact) mass is 621 g/mol. The van der Waals surface area contributed by atoms with Crippen molar-refractivity contribution >= 4 is 88.3 Å². The van der Waals surface area contributed by atoms with Gasteiger partial charge in [0.25, 0.3) is 5.91 Å². The van der Waals surface area contributed by atoms with Crippen molar-refractivity contribution in [3.8, 4) is 16.2 Å². The van der Waals surface area contributed by atoms with E-state index in [0.29, 0.717) is 40.2 Å². The third kappa shape index (κ3) is 4.54. The Labute approximate surface area is 200 Å². The number of hydrogen-bond acceptors (Lipinski definition) is 4. The molecule has 3 aromatic rings. The second-order valence-corrected chi connectivity index (χ2v) is 9.44. The Morgan fingerprint density at radius 1 is 1.14 bits per heavy atom. The van der Waals surface area contributed by atoms with Gasteiger partial charge < -0.3 is 15.2 Å². The van der Waals surface area contributed by atoms with Crippen LogP contribution in [0.4, 0.5) is 5.69 Å². The van der Waals surface area contributed by atoms with E-state index >= 15 is 0 Å². The van der Waals surface area contributed by atoms with Crippen LogP contribution in [0, 0.1) is 0 Å². The quantitative estimate of drug-likeness (QED) is 0.292. The minimum atomic E-state index is -1.15. The van der Waals surface area contributed by atoms with Crippen LogP contribution in [0.25, 0.3) is 10.4 Å². The normalized spacial score (nSPS) is 10.7. The van der Waals surface area contributed by atoms with Gasteiger partial charge in [0.05, 0.1) is 27.7 Å². The number of carboxylic acid groups (broad SMARTS) is 1. The van der Waals surface area contributed by atoms with E-state index in [-0.39, 0.29) is 11.3 Å². The summed E-state index contributed by atoms with van der Waals surface area (Å²) >= 11 is 17.4. The summed E-state index contributed by atoms with van der Waals surface area (Å²) in [7, 11) is 1.51. The molecule has 0 saturated heterocycles. The fourth-order valence-corrected chi connectivity index (χ4v) is 5.72. The van der Waals surface area contributed by atoms with Gasteiger partial charge in [0.2, 0.25) is 0 Å². The van der Waals surface area contributed by atoms with Crippen molar-refractivity contribution in [2.24, 2.45) is 0 Å². The number of methoxy groups -OCH3 is 1. The van der Waals surface area contributed by atoms with Gasteiger partial charge in [0, 0.05) is 19.3 Å². The minimum absolute atomic E-state index is 0.00504. The Morgan fingerprint density at radius 2 is 1.86 bits per heavy atom. The summed E-state index contributed by atoms with van der Waals surface area (Å²) in [4.78, 5) is 25.4. The molecule has 150 valence electrons. The van der Waals surface area contributed by atoms with Crippen LogP contribution in [0.1, 0.15) is 20.7 Å². The number of hydrogen-bond donors (Lipinski definition) is 2. The highest BCUT2D eigenvalue weighted by molar-refractivity contribution is 9.13. The smallest absolute Gasteiger partial charge is 0.339 e. The summed E-state index contributed by atoms with van der Waals surface area (Å²) < 4.78 is 6.78. The summed E-state index contributed by atoms with van der Waals surface area (Å²) in [6.45, 7) is 0. The molecule has 5 nitrogen and oxygen atoms in total. The van der Waals surface area contributed by atoms with Gasteiger partial charge in [0.1, 0.15) is 11.3 Å². The molecule has 0 spiro atoms. The number of carbonyl (C=O) groups is 2. The van der Waals surface area contributed by atoms with E-state index in [1.165, 1.54) is 18.4 Å². The van der Waals surface area contributed by atoms with E-state index in [9.17, 15) is 14.7 Å². The lowest BCUT2D eigenvalue weighted by Crippen LogP contribution is -2.15. The molecule has 0 aliphatic rings. The molecule has 0 saturated carbocycles.